The Morgan fingerprint density at radius 2 is 2.37 bits per heavy atom. The minimum atomic E-state index is -0.646. The highest BCUT2D eigenvalue weighted by Crippen LogP contribution is 2.27. The van der Waals surface area contributed by atoms with Crippen LogP contribution in [-0.2, 0) is 4.74 Å². The Hall–Kier alpha value is -2.99. The van der Waals surface area contributed by atoms with E-state index in [0.29, 0.717) is 17.4 Å². The number of cyclic esters (lactones) is 1. The first-order chi connectivity index (χ1) is 13.0. The highest BCUT2D eigenvalue weighted by Gasteiger charge is 2.32. The van der Waals surface area contributed by atoms with Crippen molar-refractivity contribution in [3.63, 3.8) is 0 Å². The van der Waals surface area contributed by atoms with Crippen molar-refractivity contribution in [2.24, 2.45) is 0 Å². The van der Waals surface area contributed by atoms with E-state index in [2.05, 4.69) is 15.5 Å². The molecule has 0 bridgehead atoms. The van der Waals surface area contributed by atoms with E-state index in [1.165, 1.54) is 21.9 Å². The van der Waals surface area contributed by atoms with E-state index in [0.717, 1.165) is 17.7 Å². The maximum absolute atomic E-state index is 14.6. The fraction of sp³-hybridized carbons (Fsp3) is 0.333. The number of carbonyl (C=O) groups is 1. The maximum Gasteiger partial charge on any atom is 0.414 e. The monoisotopic (exact) mass is 396 g/mol. The SMILES string of the molecule is N=CN(CCNc1n[nH]c(=O)s1)c1ccc(N2CC(CO)OC2=O)cc1F. The van der Waals surface area contributed by atoms with Crippen LogP contribution in [0, 0.1) is 11.2 Å². The van der Waals surface area contributed by atoms with Gasteiger partial charge in [0.25, 0.3) is 0 Å². The number of hydrogen-bond donors (Lipinski definition) is 4. The molecule has 2 heterocycles. The minimum Gasteiger partial charge on any atom is -0.441 e. The number of halogens is 1. The Labute approximate surface area is 156 Å². The van der Waals surface area contributed by atoms with Gasteiger partial charge >= 0.3 is 11.0 Å². The quantitative estimate of drug-likeness (QED) is 0.383. The molecule has 4 N–H and O–H groups in total. The highest BCUT2D eigenvalue weighted by molar-refractivity contribution is 7.12. The van der Waals surface area contributed by atoms with Gasteiger partial charge in [-0.05, 0) is 29.5 Å². The van der Waals surface area contributed by atoms with Gasteiger partial charge in [0.2, 0.25) is 5.13 Å². The van der Waals surface area contributed by atoms with Crippen LogP contribution < -0.4 is 20.0 Å². The number of aromatic nitrogens is 2. The van der Waals surface area contributed by atoms with Crippen LogP contribution in [0.3, 0.4) is 0 Å². The van der Waals surface area contributed by atoms with Crippen LogP contribution in [0.4, 0.5) is 25.7 Å². The summed E-state index contributed by atoms with van der Waals surface area (Å²) in [6.45, 7) is 0.417. The Kier molecular flexibility index (Phi) is 5.66. The summed E-state index contributed by atoms with van der Waals surface area (Å²) in [6, 6.07) is 4.19. The van der Waals surface area contributed by atoms with E-state index in [9.17, 15) is 14.0 Å². The van der Waals surface area contributed by atoms with Gasteiger partial charge in [0, 0.05) is 13.1 Å². The first kappa shape index (κ1) is 18.8. The Morgan fingerprint density at radius 1 is 1.56 bits per heavy atom. The van der Waals surface area contributed by atoms with E-state index in [4.69, 9.17) is 15.3 Å². The van der Waals surface area contributed by atoms with E-state index in [-0.39, 0.29) is 30.3 Å². The molecule has 3 rings (SSSR count). The second-order valence-corrected chi connectivity index (χ2v) is 6.56. The number of H-pyrrole nitrogens is 1. The third kappa shape index (κ3) is 4.23. The fourth-order valence-electron chi connectivity index (χ4n) is 2.57. The number of aliphatic hydroxyl groups is 1. The number of nitrogens with one attached hydrogen (secondary N) is 3. The molecule has 1 unspecified atom stereocenters. The zero-order chi connectivity index (χ0) is 19.4. The third-order valence-corrected chi connectivity index (χ3v) is 4.56. The van der Waals surface area contributed by atoms with Crippen LogP contribution in [0.15, 0.2) is 23.0 Å². The molecule has 1 aliphatic rings. The fourth-order valence-corrected chi connectivity index (χ4v) is 3.10. The number of ether oxygens (including phenoxy) is 1. The van der Waals surface area contributed by atoms with Crippen molar-refractivity contribution in [3.8, 4) is 0 Å². The van der Waals surface area contributed by atoms with Crippen LogP contribution in [0.2, 0.25) is 0 Å². The van der Waals surface area contributed by atoms with Crippen LogP contribution in [-0.4, -0.2) is 60.1 Å². The molecule has 27 heavy (non-hydrogen) atoms. The summed E-state index contributed by atoms with van der Waals surface area (Å²) >= 11 is 0.914. The predicted molar refractivity (Wildman–Crippen MR) is 98.5 cm³/mol. The Morgan fingerprint density at radius 3 is 2.96 bits per heavy atom. The maximum atomic E-state index is 14.6. The van der Waals surface area contributed by atoms with Crippen molar-refractivity contribution < 1.29 is 19.0 Å². The van der Waals surface area contributed by atoms with Gasteiger partial charge < -0.3 is 20.1 Å². The normalized spacial score (nSPS) is 16.3. The molecule has 1 aromatic heterocycles. The summed E-state index contributed by atoms with van der Waals surface area (Å²) in [5.41, 5.74) is 0.471. The van der Waals surface area contributed by atoms with Crippen LogP contribution >= 0.6 is 11.3 Å². The van der Waals surface area contributed by atoms with Gasteiger partial charge in [-0.15, -0.1) is 5.10 Å². The van der Waals surface area contributed by atoms with E-state index in [1.807, 2.05) is 0 Å². The van der Waals surface area contributed by atoms with Gasteiger partial charge in [0.05, 0.1) is 30.9 Å². The lowest BCUT2D eigenvalue weighted by atomic mass is 10.2. The Balaban J connectivity index is 1.67. The summed E-state index contributed by atoms with van der Waals surface area (Å²) < 4.78 is 19.5. The van der Waals surface area contributed by atoms with Crippen molar-refractivity contribution in [2.75, 3.05) is 41.4 Å². The average molecular weight is 396 g/mol. The van der Waals surface area contributed by atoms with Gasteiger partial charge in [-0.1, -0.05) is 0 Å². The predicted octanol–water partition coefficient (Wildman–Crippen LogP) is 0.814. The smallest absolute Gasteiger partial charge is 0.414 e. The number of aromatic amines is 1. The average Bonchev–Trinajstić information content (AvgIpc) is 3.24. The molecule has 1 aliphatic heterocycles. The Bertz CT molecular complexity index is 887. The van der Waals surface area contributed by atoms with Crippen LogP contribution in [0.25, 0.3) is 0 Å². The molecule has 1 aromatic carbocycles. The highest BCUT2D eigenvalue weighted by atomic mass is 32.1. The zero-order valence-corrected chi connectivity index (χ0v) is 14.8. The molecular formula is C15H17FN6O4S. The second-order valence-electron chi connectivity index (χ2n) is 5.60. The van der Waals surface area contributed by atoms with Crippen molar-refractivity contribution >= 4 is 40.3 Å². The molecule has 1 saturated heterocycles. The molecular weight excluding hydrogens is 379 g/mol. The summed E-state index contributed by atoms with van der Waals surface area (Å²) in [7, 11) is 0. The van der Waals surface area contributed by atoms with Crippen molar-refractivity contribution in [2.45, 2.75) is 6.10 Å². The molecule has 1 fully saturated rings. The van der Waals surface area contributed by atoms with E-state index in [1.54, 1.807) is 6.07 Å². The number of aliphatic hydroxyl groups excluding tert-OH is 1. The third-order valence-electron chi connectivity index (χ3n) is 3.85. The van der Waals surface area contributed by atoms with Gasteiger partial charge in [-0.25, -0.2) is 14.3 Å². The summed E-state index contributed by atoms with van der Waals surface area (Å²) in [6.07, 6.45) is -0.298. The topological polar surface area (TPSA) is 135 Å². The molecule has 2 aromatic rings. The number of rotatable bonds is 8. The van der Waals surface area contributed by atoms with Crippen LogP contribution in [0.5, 0.6) is 0 Å². The van der Waals surface area contributed by atoms with Gasteiger partial charge in [0.1, 0.15) is 11.9 Å². The molecule has 144 valence electrons. The summed E-state index contributed by atoms with van der Waals surface area (Å²) in [5.74, 6) is -0.610. The number of nitrogens with zero attached hydrogens (tertiary/aromatic N) is 3. The number of anilines is 3. The van der Waals surface area contributed by atoms with E-state index < -0.39 is 18.0 Å². The largest absolute Gasteiger partial charge is 0.441 e. The molecule has 1 amide bonds. The lowest BCUT2D eigenvalue weighted by molar-refractivity contribution is 0.0963. The molecule has 1 atom stereocenters. The second kappa shape index (κ2) is 8.14. The van der Waals surface area contributed by atoms with Crippen molar-refractivity contribution in [1.29, 1.82) is 5.41 Å². The van der Waals surface area contributed by atoms with Gasteiger partial charge in [-0.3, -0.25) is 15.1 Å². The van der Waals surface area contributed by atoms with Gasteiger partial charge in [-0.2, -0.15) is 0 Å². The first-order valence-electron chi connectivity index (χ1n) is 7.97. The lowest BCUT2D eigenvalue weighted by Gasteiger charge is -2.21. The lowest BCUT2D eigenvalue weighted by Crippen LogP contribution is -2.29. The molecule has 0 aliphatic carbocycles. The molecule has 0 spiro atoms. The van der Waals surface area contributed by atoms with Crippen molar-refractivity contribution in [1.82, 2.24) is 10.2 Å². The first-order valence-corrected chi connectivity index (χ1v) is 8.78. The van der Waals surface area contributed by atoms with Crippen LogP contribution in [0.1, 0.15) is 0 Å². The molecule has 10 nitrogen and oxygen atoms in total. The number of hydrogen-bond acceptors (Lipinski definition) is 8. The van der Waals surface area contributed by atoms with E-state index >= 15 is 0 Å². The number of carbonyl (C=O) groups excluding carboxylic acids is 1. The minimum absolute atomic E-state index is 0.138. The molecule has 0 saturated carbocycles. The van der Waals surface area contributed by atoms with Crippen molar-refractivity contribution in [3.05, 3.63) is 33.7 Å². The summed E-state index contributed by atoms with van der Waals surface area (Å²) in [5, 5.41) is 25.9. The zero-order valence-electron chi connectivity index (χ0n) is 14.0. The standard InChI is InChI=1S/C15H17FN6O4S/c16-11-5-9(22-6-10(7-23)26-15(22)25)1-2-12(11)21(8-17)4-3-18-13-19-20-14(24)27-13/h1-2,5,8,10,17,23H,3-4,6-7H2,(H,18,19)(H,20,24). The molecule has 0 radical (unpaired) electrons. The number of amides is 1. The number of benzene rings is 1. The molecule has 12 heteroatoms. The van der Waals surface area contributed by atoms with Gasteiger partial charge in [0.15, 0.2) is 0 Å². The summed E-state index contributed by atoms with van der Waals surface area (Å²) in [4.78, 5) is 25.2.